The Labute approximate surface area is 109 Å². The largest absolute Gasteiger partial charge is 0.287 e. The summed E-state index contributed by atoms with van der Waals surface area (Å²) in [6.07, 6.45) is 0. The average molecular weight is 271 g/mol. The quantitative estimate of drug-likeness (QED) is 0.856. The van der Waals surface area contributed by atoms with Gasteiger partial charge in [0.1, 0.15) is 0 Å². The smallest absolute Gasteiger partial charge is 0.263 e. The van der Waals surface area contributed by atoms with Crippen molar-refractivity contribution in [1.29, 1.82) is 0 Å². The third-order valence-electron chi connectivity index (χ3n) is 3.51. The van der Waals surface area contributed by atoms with E-state index < -0.39 is 10.0 Å². The maximum absolute atomic E-state index is 12.2. The molecular formula is C13H21NO3S. The van der Waals surface area contributed by atoms with Crippen LogP contribution in [0.4, 0.5) is 0 Å². The van der Waals surface area contributed by atoms with Crippen molar-refractivity contribution >= 4 is 10.0 Å². The minimum atomic E-state index is -3.62. The minimum absolute atomic E-state index is 0.293. The van der Waals surface area contributed by atoms with Crippen LogP contribution in [0.15, 0.2) is 4.90 Å². The number of sulfonamides is 1. The van der Waals surface area contributed by atoms with Crippen LogP contribution in [0.25, 0.3) is 0 Å². The summed E-state index contributed by atoms with van der Waals surface area (Å²) >= 11 is 0. The van der Waals surface area contributed by atoms with Crippen molar-refractivity contribution in [2.75, 3.05) is 6.61 Å². The molecular weight excluding hydrogens is 250 g/mol. The molecule has 0 heterocycles. The van der Waals surface area contributed by atoms with Crippen LogP contribution in [0.1, 0.15) is 34.7 Å². The maximum Gasteiger partial charge on any atom is 0.263 e. The molecule has 0 radical (unpaired) electrons. The summed E-state index contributed by atoms with van der Waals surface area (Å²) in [6.45, 7) is 11.6. The summed E-state index contributed by atoms with van der Waals surface area (Å²) in [7, 11) is -3.62. The number of nitrogens with one attached hydrogen (secondary N) is 1. The second-order valence-electron chi connectivity index (χ2n) is 4.47. The van der Waals surface area contributed by atoms with E-state index >= 15 is 0 Å². The van der Waals surface area contributed by atoms with Crippen LogP contribution in [0.5, 0.6) is 0 Å². The number of hydrogen-bond acceptors (Lipinski definition) is 3. The summed E-state index contributed by atoms with van der Waals surface area (Å²) in [5, 5.41) is 0. The Morgan fingerprint density at radius 1 is 0.889 bits per heavy atom. The second-order valence-corrected chi connectivity index (χ2v) is 6.06. The Kier molecular flexibility index (Phi) is 4.53. The lowest BCUT2D eigenvalue weighted by Gasteiger charge is -2.18. The summed E-state index contributed by atoms with van der Waals surface area (Å²) in [5.74, 6) is 0. The van der Waals surface area contributed by atoms with E-state index in [1.807, 2.05) is 34.6 Å². The molecule has 0 aliphatic heterocycles. The molecule has 0 saturated carbocycles. The van der Waals surface area contributed by atoms with E-state index in [0.717, 1.165) is 27.8 Å². The molecule has 0 amide bonds. The van der Waals surface area contributed by atoms with Gasteiger partial charge in [0, 0.05) is 0 Å². The van der Waals surface area contributed by atoms with Gasteiger partial charge in [-0.1, -0.05) is 4.89 Å². The predicted molar refractivity (Wildman–Crippen MR) is 72.1 cm³/mol. The van der Waals surface area contributed by atoms with Crippen molar-refractivity contribution in [3.05, 3.63) is 27.8 Å². The molecule has 0 spiro atoms. The van der Waals surface area contributed by atoms with Crippen LogP contribution in [-0.4, -0.2) is 15.0 Å². The van der Waals surface area contributed by atoms with Gasteiger partial charge in [-0.3, -0.25) is 4.84 Å². The van der Waals surface area contributed by atoms with Crippen LogP contribution in [-0.2, 0) is 14.9 Å². The van der Waals surface area contributed by atoms with Gasteiger partial charge in [-0.15, -0.1) is 0 Å². The van der Waals surface area contributed by atoms with E-state index in [1.54, 1.807) is 6.92 Å². The van der Waals surface area contributed by atoms with Crippen LogP contribution >= 0.6 is 0 Å². The molecule has 1 N–H and O–H groups in total. The molecule has 4 nitrogen and oxygen atoms in total. The molecule has 1 aromatic carbocycles. The third kappa shape index (κ3) is 2.58. The van der Waals surface area contributed by atoms with Crippen LogP contribution < -0.4 is 4.89 Å². The molecule has 0 aliphatic carbocycles. The average Bonchev–Trinajstić information content (AvgIpc) is 2.31. The zero-order valence-corrected chi connectivity index (χ0v) is 12.7. The molecule has 0 fully saturated rings. The Bertz CT molecular complexity index is 533. The normalized spacial score (nSPS) is 11.9. The first-order chi connectivity index (χ1) is 8.24. The maximum atomic E-state index is 12.2. The van der Waals surface area contributed by atoms with Gasteiger partial charge in [0.05, 0.1) is 11.5 Å². The molecule has 0 unspecified atom stereocenters. The topological polar surface area (TPSA) is 55.4 Å². The molecule has 0 aliphatic rings. The summed E-state index contributed by atoms with van der Waals surface area (Å²) in [6, 6.07) is 0. The molecule has 102 valence electrons. The zero-order chi connectivity index (χ0) is 14.1. The fourth-order valence-corrected chi connectivity index (χ4v) is 3.52. The van der Waals surface area contributed by atoms with Gasteiger partial charge in [-0.05, 0) is 69.4 Å². The van der Waals surface area contributed by atoms with Gasteiger partial charge in [0.15, 0.2) is 0 Å². The van der Waals surface area contributed by atoms with E-state index in [2.05, 4.69) is 4.89 Å². The lowest BCUT2D eigenvalue weighted by molar-refractivity contribution is 0.105. The lowest BCUT2D eigenvalue weighted by Crippen LogP contribution is -2.26. The Morgan fingerprint density at radius 2 is 1.28 bits per heavy atom. The van der Waals surface area contributed by atoms with E-state index in [-0.39, 0.29) is 0 Å². The van der Waals surface area contributed by atoms with Crippen molar-refractivity contribution in [2.45, 2.75) is 46.4 Å². The van der Waals surface area contributed by atoms with Crippen LogP contribution in [0.2, 0.25) is 0 Å². The van der Waals surface area contributed by atoms with Crippen molar-refractivity contribution in [1.82, 2.24) is 4.89 Å². The van der Waals surface area contributed by atoms with Gasteiger partial charge in [-0.2, -0.15) is 0 Å². The number of hydrogen-bond donors (Lipinski definition) is 1. The fraction of sp³-hybridized carbons (Fsp3) is 0.538. The van der Waals surface area contributed by atoms with Gasteiger partial charge < -0.3 is 0 Å². The number of benzene rings is 1. The second kappa shape index (κ2) is 5.38. The van der Waals surface area contributed by atoms with Crippen molar-refractivity contribution in [2.24, 2.45) is 0 Å². The van der Waals surface area contributed by atoms with E-state index in [4.69, 9.17) is 4.84 Å². The highest BCUT2D eigenvalue weighted by atomic mass is 32.2. The Morgan fingerprint density at radius 3 is 1.67 bits per heavy atom. The summed E-state index contributed by atoms with van der Waals surface area (Å²) in [4.78, 5) is 7.32. The molecule has 5 heteroatoms. The highest BCUT2D eigenvalue weighted by Gasteiger charge is 2.23. The SMILES string of the molecule is CCONS(=O)(=O)c1c(C)c(C)c(C)c(C)c1C. The molecule has 0 saturated heterocycles. The van der Waals surface area contributed by atoms with Gasteiger partial charge >= 0.3 is 0 Å². The van der Waals surface area contributed by atoms with Crippen molar-refractivity contribution in [3.63, 3.8) is 0 Å². The molecule has 0 atom stereocenters. The highest BCUT2D eigenvalue weighted by Crippen LogP contribution is 2.29. The predicted octanol–water partition coefficient (Wildman–Crippen LogP) is 2.46. The first-order valence-electron chi connectivity index (χ1n) is 5.94. The van der Waals surface area contributed by atoms with Gasteiger partial charge in [-0.25, -0.2) is 8.42 Å². The fourth-order valence-electron chi connectivity index (χ4n) is 2.05. The molecule has 1 rings (SSSR count). The molecule has 0 bridgehead atoms. The van der Waals surface area contributed by atoms with Crippen molar-refractivity contribution < 1.29 is 13.3 Å². The molecule has 18 heavy (non-hydrogen) atoms. The lowest BCUT2D eigenvalue weighted by atomic mass is 9.95. The standard InChI is InChI=1S/C13H21NO3S/c1-7-17-14-18(15,16)13-11(5)9(3)8(2)10(4)12(13)6/h14H,7H2,1-6H3. The van der Waals surface area contributed by atoms with E-state index in [9.17, 15) is 8.42 Å². The summed E-state index contributed by atoms with van der Waals surface area (Å²) in [5.41, 5.74) is 4.72. The Hall–Kier alpha value is -0.910. The monoisotopic (exact) mass is 271 g/mol. The summed E-state index contributed by atoms with van der Waals surface area (Å²) < 4.78 is 24.4. The molecule has 0 aromatic heterocycles. The van der Waals surface area contributed by atoms with Gasteiger partial charge in [0.2, 0.25) is 0 Å². The molecule has 1 aromatic rings. The first-order valence-corrected chi connectivity index (χ1v) is 7.42. The van der Waals surface area contributed by atoms with Crippen molar-refractivity contribution in [3.8, 4) is 0 Å². The van der Waals surface area contributed by atoms with Gasteiger partial charge in [0.25, 0.3) is 10.0 Å². The van der Waals surface area contributed by atoms with Crippen LogP contribution in [0, 0.1) is 34.6 Å². The first kappa shape index (κ1) is 15.1. The Balaban J connectivity index is 3.52. The third-order valence-corrected chi connectivity index (χ3v) is 5.00. The van der Waals surface area contributed by atoms with Crippen LogP contribution in [0.3, 0.4) is 0 Å². The minimum Gasteiger partial charge on any atom is -0.287 e. The van der Waals surface area contributed by atoms with E-state index in [0.29, 0.717) is 11.5 Å². The number of rotatable bonds is 4. The van der Waals surface area contributed by atoms with E-state index in [1.165, 1.54) is 0 Å². The highest BCUT2D eigenvalue weighted by molar-refractivity contribution is 7.89. The zero-order valence-electron chi connectivity index (χ0n) is 11.8.